The number of pyridine rings is 1. The molecule has 3 aromatic rings. The number of aromatic nitrogens is 3. The predicted molar refractivity (Wildman–Crippen MR) is 128 cm³/mol. The normalized spacial score (nSPS) is 20.8. The average molecular weight is 535 g/mol. The lowest BCUT2D eigenvalue weighted by Gasteiger charge is -2.22. The van der Waals surface area contributed by atoms with Gasteiger partial charge in [-0.2, -0.15) is 0 Å². The maximum atomic E-state index is 13.6. The van der Waals surface area contributed by atoms with Crippen LogP contribution in [0.5, 0.6) is 11.5 Å². The number of phosphoric acid groups is 1. The maximum absolute atomic E-state index is 13.6. The minimum absolute atomic E-state index is 0.0360. The molecular formula is C21H20ClN6O7P. The van der Waals surface area contributed by atoms with Crippen molar-refractivity contribution in [1.82, 2.24) is 14.5 Å². The van der Waals surface area contributed by atoms with Crippen molar-refractivity contribution in [3.8, 4) is 11.5 Å². The van der Waals surface area contributed by atoms with Crippen LogP contribution in [-0.4, -0.2) is 33.3 Å². The number of halogens is 1. The van der Waals surface area contributed by atoms with Gasteiger partial charge in [0.05, 0.1) is 30.0 Å². The number of aryl methyl sites for hydroxylation is 1. The SMILES string of the molecule is Cc1cn([C@H]2CC(N=[N+]=[N-])[C@@H](COP(=O)(Oc3ccccc3)Oc3cncc(Cl)c3)O2)c(=O)[nH]c1=O. The average Bonchev–Trinajstić information content (AvgIpc) is 3.23. The number of rotatable bonds is 9. The van der Waals surface area contributed by atoms with Crippen molar-refractivity contribution >= 4 is 19.4 Å². The summed E-state index contributed by atoms with van der Waals surface area (Å²) >= 11 is 5.95. The molecule has 15 heteroatoms. The number of hydrogen-bond acceptors (Lipinski definition) is 9. The molecular weight excluding hydrogens is 515 g/mol. The number of azide groups is 1. The number of para-hydroxylation sites is 1. The maximum Gasteiger partial charge on any atom is 0.587 e. The number of aromatic amines is 1. The summed E-state index contributed by atoms with van der Waals surface area (Å²) in [6, 6.07) is 8.82. The summed E-state index contributed by atoms with van der Waals surface area (Å²) in [5, 5.41) is 3.96. The number of ether oxygens (including phenoxy) is 1. The molecule has 1 fully saturated rings. The van der Waals surface area contributed by atoms with Gasteiger partial charge in [-0.15, -0.1) is 0 Å². The van der Waals surface area contributed by atoms with Crippen molar-refractivity contribution < 1.29 is 22.9 Å². The standard InChI is InChI=1S/C21H20ClN6O7P/c1-13-11-28(21(30)25-20(13)29)19-8-17(26-27-23)18(33-19)12-32-36(31,34-15-5-3-2-4-6-15)35-16-7-14(22)9-24-10-16/h2-7,9-11,17-19H,8,12H2,1H3,(H,25,29,30)/t17?,18-,19-,36?/m1/s1. The molecule has 2 unspecified atom stereocenters. The van der Waals surface area contributed by atoms with Crippen LogP contribution in [0.3, 0.4) is 0 Å². The second-order valence-corrected chi connectivity index (χ2v) is 9.65. The molecule has 13 nitrogen and oxygen atoms in total. The summed E-state index contributed by atoms with van der Waals surface area (Å²) in [6.45, 7) is 1.16. The molecule has 4 rings (SSSR count). The number of phosphoric ester groups is 1. The highest BCUT2D eigenvalue weighted by atomic mass is 35.5. The highest BCUT2D eigenvalue weighted by Gasteiger charge is 2.40. The van der Waals surface area contributed by atoms with Crippen molar-refractivity contribution in [2.45, 2.75) is 31.7 Å². The monoisotopic (exact) mass is 534 g/mol. The Bertz CT molecular complexity index is 1440. The third-order valence-corrected chi connectivity index (χ3v) is 6.66. The van der Waals surface area contributed by atoms with Crippen LogP contribution in [0.25, 0.3) is 10.4 Å². The molecule has 0 aliphatic carbocycles. The quantitative estimate of drug-likeness (QED) is 0.185. The van der Waals surface area contributed by atoms with Crippen molar-refractivity contribution in [2.24, 2.45) is 5.11 Å². The van der Waals surface area contributed by atoms with Gasteiger partial charge in [0.25, 0.3) is 5.56 Å². The minimum Gasteiger partial charge on any atom is -0.395 e. The summed E-state index contributed by atoms with van der Waals surface area (Å²) in [4.78, 5) is 32.9. The van der Waals surface area contributed by atoms with Gasteiger partial charge in [0.2, 0.25) is 0 Å². The molecule has 0 radical (unpaired) electrons. The highest BCUT2D eigenvalue weighted by molar-refractivity contribution is 7.49. The lowest BCUT2D eigenvalue weighted by molar-refractivity contribution is -0.0260. The van der Waals surface area contributed by atoms with E-state index in [0.29, 0.717) is 5.56 Å². The molecule has 1 N–H and O–H groups in total. The fourth-order valence-electron chi connectivity index (χ4n) is 3.44. The molecule has 2 aromatic heterocycles. The van der Waals surface area contributed by atoms with Gasteiger partial charge in [-0.1, -0.05) is 34.9 Å². The molecule has 1 aliphatic rings. The minimum atomic E-state index is -4.33. The Morgan fingerprint density at radius 3 is 2.75 bits per heavy atom. The first kappa shape index (κ1) is 25.5. The molecule has 4 atom stereocenters. The van der Waals surface area contributed by atoms with E-state index < -0.39 is 37.4 Å². The van der Waals surface area contributed by atoms with E-state index in [2.05, 4.69) is 20.0 Å². The molecule has 36 heavy (non-hydrogen) atoms. The Morgan fingerprint density at radius 2 is 2.03 bits per heavy atom. The molecule has 1 aromatic carbocycles. The summed E-state index contributed by atoms with van der Waals surface area (Å²) in [5.74, 6) is 0.247. The number of hydrogen-bond donors (Lipinski definition) is 1. The number of H-pyrrole nitrogens is 1. The zero-order valence-electron chi connectivity index (χ0n) is 18.8. The summed E-state index contributed by atoms with van der Waals surface area (Å²) in [7, 11) is -4.33. The van der Waals surface area contributed by atoms with Crippen LogP contribution < -0.4 is 20.3 Å². The van der Waals surface area contributed by atoms with Gasteiger partial charge in [0.15, 0.2) is 5.75 Å². The van der Waals surface area contributed by atoms with E-state index in [0.717, 1.165) is 0 Å². The topological polar surface area (TPSA) is 170 Å². The van der Waals surface area contributed by atoms with E-state index >= 15 is 0 Å². The zero-order valence-corrected chi connectivity index (χ0v) is 20.4. The second kappa shape index (κ2) is 11.0. The van der Waals surface area contributed by atoms with E-state index in [1.165, 1.54) is 36.1 Å². The molecule has 3 heterocycles. The third kappa shape index (κ3) is 6.14. The van der Waals surface area contributed by atoms with Gasteiger partial charge < -0.3 is 13.8 Å². The summed E-state index contributed by atoms with van der Waals surface area (Å²) in [5.41, 5.74) is 8.09. The molecule has 0 bridgehead atoms. The Hall–Kier alpha value is -3.60. The Kier molecular flexibility index (Phi) is 7.78. The van der Waals surface area contributed by atoms with Crippen LogP contribution in [0.2, 0.25) is 5.02 Å². The van der Waals surface area contributed by atoms with Gasteiger partial charge in [0, 0.05) is 35.4 Å². The third-order valence-electron chi connectivity index (χ3n) is 5.11. The van der Waals surface area contributed by atoms with Crippen molar-refractivity contribution in [3.05, 3.63) is 96.9 Å². The molecule has 1 aliphatic heterocycles. The van der Waals surface area contributed by atoms with E-state index in [-0.39, 0.29) is 29.5 Å². The second-order valence-electron chi connectivity index (χ2n) is 7.69. The summed E-state index contributed by atoms with van der Waals surface area (Å²) < 4.78 is 37.3. The van der Waals surface area contributed by atoms with Crippen LogP contribution in [0.1, 0.15) is 18.2 Å². The van der Waals surface area contributed by atoms with Crippen molar-refractivity contribution in [2.75, 3.05) is 6.61 Å². The Labute approximate surface area is 208 Å². The molecule has 1 saturated heterocycles. The highest BCUT2D eigenvalue weighted by Crippen LogP contribution is 2.50. The molecule has 0 spiro atoms. The predicted octanol–water partition coefficient (Wildman–Crippen LogP) is 4.14. The molecule has 0 amide bonds. The van der Waals surface area contributed by atoms with Crippen LogP contribution >= 0.6 is 19.4 Å². The first-order valence-corrected chi connectivity index (χ1v) is 12.4. The van der Waals surface area contributed by atoms with Crippen molar-refractivity contribution in [1.29, 1.82) is 0 Å². The van der Waals surface area contributed by atoms with Gasteiger partial charge >= 0.3 is 13.5 Å². The van der Waals surface area contributed by atoms with Gasteiger partial charge in [-0.25, -0.2) is 9.36 Å². The first-order chi connectivity index (χ1) is 17.3. The lowest BCUT2D eigenvalue weighted by Crippen LogP contribution is -2.33. The van der Waals surface area contributed by atoms with E-state index in [1.807, 2.05) is 0 Å². The Morgan fingerprint density at radius 1 is 1.28 bits per heavy atom. The van der Waals surface area contributed by atoms with E-state index in [1.54, 1.807) is 30.3 Å². The molecule has 0 saturated carbocycles. The lowest BCUT2D eigenvalue weighted by atomic mass is 10.1. The number of nitrogens with one attached hydrogen (secondary N) is 1. The van der Waals surface area contributed by atoms with Crippen LogP contribution in [0.15, 0.2) is 69.7 Å². The van der Waals surface area contributed by atoms with Crippen LogP contribution in [0.4, 0.5) is 0 Å². The molecule has 188 valence electrons. The van der Waals surface area contributed by atoms with Crippen LogP contribution in [-0.2, 0) is 13.8 Å². The van der Waals surface area contributed by atoms with Gasteiger partial charge in [-0.05, 0) is 24.6 Å². The number of nitrogens with zero attached hydrogens (tertiary/aromatic N) is 5. The van der Waals surface area contributed by atoms with Crippen LogP contribution in [0, 0.1) is 6.92 Å². The summed E-state index contributed by atoms with van der Waals surface area (Å²) in [6.07, 6.45) is 2.32. The van der Waals surface area contributed by atoms with Gasteiger partial charge in [0.1, 0.15) is 12.0 Å². The Balaban J connectivity index is 1.56. The van der Waals surface area contributed by atoms with E-state index in [9.17, 15) is 14.2 Å². The zero-order chi connectivity index (χ0) is 25.7. The largest absolute Gasteiger partial charge is 0.587 e. The fraction of sp³-hybridized carbons (Fsp3) is 0.286. The fourth-order valence-corrected chi connectivity index (χ4v) is 4.82. The van der Waals surface area contributed by atoms with Crippen molar-refractivity contribution in [3.63, 3.8) is 0 Å². The smallest absolute Gasteiger partial charge is 0.395 e. The van der Waals surface area contributed by atoms with Gasteiger partial charge in [-0.3, -0.25) is 23.9 Å². The number of benzene rings is 1. The van der Waals surface area contributed by atoms with E-state index in [4.69, 9.17) is 35.4 Å². The first-order valence-electron chi connectivity index (χ1n) is 10.6.